The first kappa shape index (κ1) is 14.9. The van der Waals surface area contributed by atoms with Gasteiger partial charge in [0.15, 0.2) is 6.61 Å². The maximum Gasteiger partial charge on any atom is 0.258 e. The van der Waals surface area contributed by atoms with Crippen molar-refractivity contribution in [1.82, 2.24) is 5.32 Å². The summed E-state index contributed by atoms with van der Waals surface area (Å²) < 4.78 is 11.0. The molecule has 1 atom stereocenters. The topological polar surface area (TPSA) is 67.8 Å². The normalized spacial score (nSPS) is 11.9. The molecular formula is C12H16BrNO4. The molecule has 1 unspecified atom stereocenters. The van der Waals surface area contributed by atoms with Crippen LogP contribution in [-0.4, -0.2) is 44.0 Å². The van der Waals surface area contributed by atoms with Crippen molar-refractivity contribution in [2.45, 2.75) is 6.10 Å². The Bertz CT molecular complexity index is 369. The number of aliphatic hydroxyl groups excluding tert-OH is 1. The summed E-state index contributed by atoms with van der Waals surface area (Å²) in [5.41, 5.74) is 0. The zero-order chi connectivity index (χ0) is 13.4. The lowest BCUT2D eigenvalue weighted by Gasteiger charge is -2.11. The molecule has 0 spiro atoms. The molecule has 18 heavy (non-hydrogen) atoms. The highest BCUT2D eigenvalue weighted by Gasteiger charge is 2.07. The fraction of sp³-hybridized carbons (Fsp3) is 0.417. The minimum atomic E-state index is -0.702. The molecule has 1 amide bonds. The number of halogens is 1. The predicted molar refractivity (Wildman–Crippen MR) is 70.5 cm³/mol. The number of nitrogens with one attached hydrogen (secondary N) is 1. The molecule has 0 aliphatic heterocycles. The van der Waals surface area contributed by atoms with Crippen LogP contribution >= 0.6 is 15.9 Å². The predicted octanol–water partition coefficient (Wildman–Crippen LogP) is 0.951. The van der Waals surface area contributed by atoms with Gasteiger partial charge in [0, 0.05) is 18.1 Å². The van der Waals surface area contributed by atoms with Crippen molar-refractivity contribution in [2.75, 3.05) is 26.9 Å². The Morgan fingerprint density at radius 2 is 2.11 bits per heavy atom. The van der Waals surface area contributed by atoms with Crippen LogP contribution in [0.3, 0.4) is 0 Å². The molecule has 6 heteroatoms. The summed E-state index contributed by atoms with van der Waals surface area (Å²) in [7, 11) is 1.49. The van der Waals surface area contributed by atoms with Crippen molar-refractivity contribution in [2.24, 2.45) is 0 Å². The molecule has 0 aliphatic rings. The highest BCUT2D eigenvalue weighted by atomic mass is 79.9. The number of hydrogen-bond acceptors (Lipinski definition) is 4. The number of rotatable bonds is 7. The molecule has 0 radical (unpaired) electrons. The summed E-state index contributed by atoms with van der Waals surface area (Å²) in [5, 5.41) is 11.9. The van der Waals surface area contributed by atoms with Crippen molar-refractivity contribution in [3.8, 4) is 5.75 Å². The van der Waals surface area contributed by atoms with E-state index in [4.69, 9.17) is 9.47 Å². The second-order valence-corrected chi connectivity index (χ2v) is 4.57. The van der Waals surface area contributed by atoms with Gasteiger partial charge in [0.1, 0.15) is 5.75 Å². The van der Waals surface area contributed by atoms with E-state index in [-0.39, 0.29) is 25.7 Å². The number of carbonyl (C=O) groups excluding carboxylic acids is 1. The number of benzene rings is 1. The molecule has 0 aliphatic carbocycles. The van der Waals surface area contributed by atoms with E-state index in [1.54, 1.807) is 12.1 Å². The number of methoxy groups -OCH3 is 1. The van der Waals surface area contributed by atoms with Gasteiger partial charge in [-0.25, -0.2) is 0 Å². The highest BCUT2D eigenvalue weighted by Crippen LogP contribution is 2.15. The van der Waals surface area contributed by atoms with Gasteiger partial charge in [-0.1, -0.05) is 15.9 Å². The fourth-order valence-electron chi connectivity index (χ4n) is 1.21. The van der Waals surface area contributed by atoms with E-state index in [0.29, 0.717) is 5.75 Å². The molecule has 5 nitrogen and oxygen atoms in total. The molecule has 0 saturated heterocycles. The van der Waals surface area contributed by atoms with Crippen LogP contribution in [0.5, 0.6) is 5.75 Å². The Morgan fingerprint density at radius 1 is 1.44 bits per heavy atom. The van der Waals surface area contributed by atoms with Gasteiger partial charge in [0.2, 0.25) is 0 Å². The van der Waals surface area contributed by atoms with Crippen LogP contribution in [0.2, 0.25) is 0 Å². The third kappa shape index (κ3) is 6.00. The third-order valence-electron chi connectivity index (χ3n) is 2.08. The van der Waals surface area contributed by atoms with Gasteiger partial charge in [0.25, 0.3) is 5.91 Å². The van der Waals surface area contributed by atoms with Gasteiger partial charge < -0.3 is 19.9 Å². The number of ether oxygens (including phenoxy) is 2. The minimum absolute atomic E-state index is 0.0820. The molecule has 1 aromatic rings. The zero-order valence-electron chi connectivity index (χ0n) is 10.1. The van der Waals surface area contributed by atoms with E-state index in [2.05, 4.69) is 21.2 Å². The molecule has 0 aromatic heterocycles. The second-order valence-electron chi connectivity index (χ2n) is 3.66. The van der Waals surface area contributed by atoms with Gasteiger partial charge in [0.05, 0.1) is 12.7 Å². The summed E-state index contributed by atoms with van der Waals surface area (Å²) in [6.07, 6.45) is -0.702. The number of hydrogen-bond donors (Lipinski definition) is 2. The van der Waals surface area contributed by atoms with E-state index < -0.39 is 6.10 Å². The fourth-order valence-corrected chi connectivity index (χ4v) is 1.48. The van der Waals surface area contributed by atoms with Gasteiger partial charge >= 0.3 is 0 Å². The van der Waals surface area contributed by atoms with E-state index in [1.165, 1.54) is 7.11 Å². The van der Waals surface area contributed by atoms with Crippen LogP contribution in [-0.2, 0) is 9.53 Å². The van der Waals surface area contributed by atoms with Crippen LogP contribution in [0.1, 0.15) is 0 Å². The average Bonchev–Trinajstić information content (AvgIpc) is 2.36. The van der Waals surface area contributed by atoms with E-state index in [1.807, 2.05) is 12.1 Å². The van der Waals surface area contributed by atoms with Crippen molar-refractivity contribution in [3.05, 3.63) is 28.7 Å². The van der Waals surface area contributed by atoms with Crippen molar-refractivity contribution in [3.63, 3.8) is 0 Å². The molecule has 1 rings (SSSR count). The molecule has 0 bridgehead atoms. The highest BCUT2D eigenvalue weighted by molar-refractivity contribution is 9.10. The van der Waals surface area contributed by atoms with Gasteiger partial charge in [-0.15, -0.1) is 0 Å². The number of aliphatic hydroxyl groups is 1. The van der Waals surface area contributed by atoms with Crippen molar-refractivity contribution >= 4 is 21.8 Å². The van der Waals surface area contributed by atoms with Crippen LogP contribution in [0.25, 0.3) is 0 Å². The van der Waals surface area contributed by atoms with Gasteiger partial charge in [-0.3, -0.25) is 4.79 Å². The number of amides is 1. The van der Waals surface area contributed by atoms with E-state index in [9.17, 15) is 9.90 Å². The second kappa shape index (κ2) is 8.07. The largest absolute Gasteiger partial charge is 0.484 e. The first-order valence-corrected chi connectivity index (χ1v) is 6.23. The van der Waals surface area contributed by atoms with Gasteiger partial charge in [-0.2, -0.15) is 0 Å². The molecule has 100 valence electrons. The molecule has 0 fully saturated rings. The summed E-state index contributed by atoms with van der Waals surface area (Å²) in [5.74, 6) is 0.332. The Morgan fingerprint density at radius 3 is 2.72 bits per heavy atom. The molecule has 0 saturated carbocycles. The van der Waals surface area contributed by atoms with E-state index >= 15 is 0 Å². The van der Waals surface area contributed by atoms with Crippen LogP contribution in [0, 0.1) is 0 Å². The Balaban J connectivity index is 2.22. The summed E-state index contributed by atoms with van der Waals surface area (Å²) in [4.78, 5) is 11.4. The Kier molecular flexibility index (Phi) is 6.70. The monoisotopic (exact) mass is 317 g/mol. The summed E-state index contributed by atoms with van der Waals surface area (Å²) in [6.45, 7) is 0.256. The number of carbonyl (C=O) groups is 1. The van der Waals surface area contributed by atoms with Crippen LogP contribution in [0.15, 0.2) is 28.7 Å². The molecular weight excluding hydrogens is 302 g/mol. The van der Waals surface area contributed by atoms with Crippen LogP contribution < -0.4 is 10.1 Å². The van der Waals surface area contributed by atoms with Crippen molar-refractivity contribution in [1.29, 1.82) is 0 Å². The smallest absolute Gasteiger partial charge is 0.258 e. The molecule has 1 aromatic carbocycles. The maximum atomic E-state index is 11.4. The Labute approximate surface area is 114 Å². The maximum absolute atomic E-state index is 11.4. The molecule has 2 N–H and O–H groups in total. The molecule has 0 heterocycles. The lowest BCUT2D eigenvalue weighted by Crippen LogP contribution is -2.36. The quantitative estimate of drug-likeness (QED) is 0.785. The third-order valence-corrected chi connectivity index (χ3v) is 2.61. The first-order chi connectivity index (χ1) is 8.61. The zero-order valence-corrected chi connectivity index (χ0v) is 11.6. The average molecular weight is 318 g/mol. The van der Waals surface area contributed by atoms with Crippen molar-refractivity contribution < 1.29 is 19.4 Å². The standard InChI is InChI=1S/C12H16BrNO4/c1-17-7-10(15)6-14-12(16)8-18-11-4-2-9(13)3-5-11/h2-5,10,15H,6-8H2,1H3,(H,14,16). The lowest BCUT2D eigenvalue weighted by atomic mass is 10.3. The lowest BCUT2D eigenvalue weighted by molar-refractivity contribution is -0.123. The SMILES string of the molecule is COCC(O)CNC(=O)COc1ccc(Br)cc1. The minimum Gasteiger partial charge on any atom is -0.484 e. The van der Waals surface area contributed by atoms with Gasteiger partial charge in [-0.05, 0) is 24.3 Å². The summed E-state index contributed by atoms with van der Waals surface area (Å²) in [6, 6.07) is 7.18. The first-order valence-electron chi connectivity index (χ1n) is 5.44. The van der Waals surface area contributed by atoms with Crippen LogP contribution in [0.4, 0.5) is 0 Å². The van der Waals surface area contributed by atoms with E-state index in [0.717, 1.165) is 4.47 Å². The Hall–Kier alpha value is -1.11. The summed E-state index contributed by atoms with van der Waals surface area (Å²) >= 11 is 3.31.